The van der Waals surface area contributed by atoms with Crippen molar-refractivity contribution < 1.29 is 19.4 Å². The van der Waals surface area contributed by atoms with Crippen molar-refractivity contribution in [1.29, 1.82) is 5.26 Å². The van der Waals surface area contributed by atoms with Gasteiger partial charge in [0.2, 0.25) is 0 Å². The van der Waals surface area contributed by atoms with Gasteiger partial charge in [-0.15, -0.1) is 0 Å². The Hall–Kier alpha value is -3.08. The van der Waals surface area contributed by atoms with E-state index in [2.05, 4.69) is 37.9 Å². The van der Waals surface area contributed by atoms with Gasteiger partial charge in [-0.3, -0.25) is 0 Å². The van der Waals surface area contributed by atoms with Gasteiger partial charge >= 0.3 is 5.97 Å². The molecule has 3 aromatic rings. The molecule has 0 fully saturated rings. The molecule has 0 aliphatic carbocycles. The molecule has 0 aromatic heterocycles. The summed E-state index contributed by atoms with van der Waals surface area (Å²) in [7, 11) is 0. The fraction of sp³-hybridized carbons (Fsp3) is 0.120. The average molecular weight is 557 g/mol. The smallest absolute Gasteiger partial charge is 0.335 e. The molecular formula is C25H19Br2NO4. The molecule has 0 saturated carbocycles. The molecule has 162 valence electrons. The van der Waals surface area contributed by atoms with Crippen molar-refractivity contribution in [1.82, 2.24) is 0 Å². The van der Waals surface area contributed by atoms with Crippen molar-refractivity contribution in [3.8, 4) is 17.6 Å². The Kier molecular flexibility index (Phi) is 8.09. The lowest BCUT2D eigenvalue weighted by Gasteiger charge is -2.14. The Bertz CT molecular complexity index is 1180. The summed E-state index contributed by atoms with van der Waals surface area (Å²) in [6, 6.07) is 19.9. The lowest BCUT2D eigenvalue weighted by atomic mass is 10.0. The molecule has 5 nitrogen and oxygen atoms in total. The number of aromatic carboxylic acids is 1. The largest absolute Gasteiger partial charge is 0.490 e. The summed E-state index contributed by atoms with van der Waals surface area (Å²) in [5.41, 5.74) is 2.94. The SMILES string of the molecule is CCOc1cc(/C=C(/C#N)c2ccc(C(=O)O)cc2)c(Br)cc1OCc1ccc(Br)cc1. The summed E-state index contributed by atoms with van der Waals surface area (Å²) in [5, 5.41) is 18.7. The van der Waals surface area contributed by atoms with Crippen molar-refractivity contribution in [2.45, 2.75) is 13.5 Å². The van der Waals surface area contributed by atoms with Gasteiger partial charge in [0, 0.05) is 8.95 Å². The fourth-order valence-corrected chi connectivity index (χ4v) is 3.61. The first-order valence-corrected chi connectivity index (χ1v) is 11.3. The van der Waals surface area contributed by atoms with Crippen molar-refractivity contribution in [3.63, 3.8) is 0 Å². The zero-order valence-corrected chi connectivity index (χ0v) is 20.3. The van der Waals surface area contributed by atoms with E-state index in [-0.39, 0.29) is 5.56 Å². The maximum absolute atomic E-state index is 11.1. The minimum Gasteiger partial charge on any atom is -0.490 e. The molecule has 3 aromatic carbocycles. The van der Waals surface area contributed by atoms with Gasteiger partial charge in [-0.25, -0.2) is 4.79 Å². The van der Waals surface area contributed by atoms with E-state index in [4.69, 9.17) is 14.6 Å². The van der Waals surface area contributed by atoms with Crippen molar-refractivity contribution in [2.24, 2.45) is 0 Å². The maximum atomic E-state index is 11.1. The highest BCUT2D eigenvalue weighted by Gasteiger charge is 2.12. The van der Waals surface area contributed by atoms with Crippen LogP contribution in [0.25, 0.3) is 11.6 Å². The van der Waals surface area contributed by atoms with E-state index < -0.39 is 5.97 Å². The van der Waals surface area contributed by atoms with Crippen LogP contribution < -0.4 is 9.47 Å². The summed E-state index contributed by atoms with van der Waals surface area (Å²) in [6.45, 7) is 2.73. The van der Waals surface area contributed by atoms with Crippen LogP contribution in [-0.4, -0.2) is 17.7 Å². The number of carbonyl (C=O) groups is 1. The second-order valence-corrected chi connectivity index (χ2v) is 8.49. The number of allylic oxidation sites excluding steroid dienone is 1. The zero-order valence-electron chi connectivity index (χ0n) is 17.1. The van der Waals surface area contributed by atoms with Crippen LogP contribution >= 0.6 is 31.9 Å². The summed E-state index contributed by atoms with van der Waals surface area (Å²) in [5.74, 6) is 0.141. The van der Waals surface area contributed by atoms with Gasteiger partial charge in [0.25, 0.3) is 0 Å². The van der Waals surface area contributed by atoms with Crippen molar-refractivity contribution >= 4 is 49.5 Å². The van der Waals surface area contributed by atoms with E-state index >= 15 is 0 Å². The van der Waals surface area contributed by atoms with Crippen LogP contribution in [-0.2, 0) is 6.61 Å². The molecule has 0 bridgehead atoms. The second-order valence-electron chi connectivity index (χ2n) is 6.72. The molecule has 32 heavy (non-hydrogen) atoms. The number of benzene rings is 3. The summed E-state index contributed by atoms with van der Waals surface area (Å²) < 4.78 is 13.5. The maximum Gasteiger partial charge on any atom is 0.335 e. The number of rotatable bonds is 8. The first kappa shape index (κ1) is 23.6. The van der Waals surface area contributed by atoms with Gasteiger partial charge in [0.1, 0.15) is 6.61 Å². The molecule has 0 radical (unpaired) electrons. The number of carboxylic acid groups (broad SMARTS) is 1. The Morgan fingerprint density at radius 1 is 1.00 bits per heavy atom. The molecule has 0 amide bonds. The van der Waals surface area contributed by atoms with Gasteiger partial charge in [-0.05, 0) is 66.1 Å². The lowest BCUT2D eigenvalue weighted by molar-refractivity contribution is 0.0697. The van der Waals surface area contributed by atoms with Crippen molar-refractivity contribution in [3.05, 3.63) is 91.9 Å². The van der Waals surface area contributed by atoms with Crippen LogP contribution in [0, 0.1) is 11.3 Å². The number of hydrogen-bond donors (Lipinski definition) is 1. The predicted molar refractivity (Wildman–Crippen MR) is 131 cm³/mol. The zero-order chi connectivity index (χ0) is 23.1. The Morgan fingerprint density at radius 3 is 2.22 bits per heavy atom. The first-order valence-electron chi connectivity index (χ1n) is 9.70. The topological polar surface area (TPSA) is 79.5 Å². The average Bonchev–Trinajstić information content (AvgIpc) is 2.79. The fourth-order valence-electron chi connectivity index (χ4n) is 2.91. The molecule has 0 aliphatic rings. The van der Waals surface area contributed by atoms with Crippen LogP contribution in [0.4, 0.5) is 0 Å². The number of halogens is 2. The number of ether oxygens (including phenoxy) is 2. The van der Waals surface area contributed by atoms with Gasteiger partial charge in [0.15, 0.2) is 11.5 Å². The van der Waals surface area contributed by atoms with E-state index in [1.807, 2.05) is 43.3 Å². The molecule has 0 spiro atoms. The minimum absolute atomic E-state index is 0.165. The molecule has 0 saturated heterocycles. The summed E-state index contributed by atoms with van der Waals surface area (Å²) in [6.07, 6.45) is 1.72. The third-order valence-electron chi connectivity index (χ3n) is 4.53. The third-order valence-corrected chi connectivity index (χ3v) is 5.75. The van der Waals surface area contributed by atoms with Crippen LogP contribution in [0.15, 0.2) is 69.6 Å². The number of hydrogen-bond acceptors (Lipinski definition) is 4. The van der Waals surface area contributed by atoms with E-state index in [9.17, 15) is 10.1 Å². The van der Waals surface area contributed by atoms with E-state index in [0.29, 0.717) is 35.8 Å². The number of nitrogens with zero attached hydrogens (tertiary/aromatic N) is 1. The first-order chi connectivity index (χ1) is 15.4. The quantitative estimate of drug-likeness (QED) is 0.240. The van der Waals surface area contributed by atoms with E-state index in [1.165, 1.54) is 12.1 Å². The van der Waals surface area contributed by atoms with E-state index in [1.54, 1.807) is 18.2 Å². The molecule has 0 heterocycles. The Balaban J connectivity index is 1.90. The number of nitriles is 1. The van der Waals surface area contributed by atoms with E-state index in [0.717, 1.165) is 20.1 Å². The summed E-state index contributed by atoms with van der Waals surface area (Å²) >= 11 is 6.98. The van der Waals surface area contributed by atoms with Crippen LogP contribution in [0.1, 0.15) is 34.0 Å². The highest BCUT2D eigenvalue weighted by atomic mass is 79.9. The summed E-state index contributed by atoms with van der Waals surface area (Å²) in [4.78, 5) is 11.1. The molecule has 0 aliphatic heterocycles. The second kappa shape index (κ2) is 11.0. The highest BCUT2D eigenvalue weighted by molar-refractivity contribution is 9.10. The monoisotopic (exact) mass is 555 g/mol. The third kappa shape index (κ3) is 6.00. The molecule has 7 heteroatoms. The molecule has 1 N–H and O–H groups in total. The van der Waals surface area contributed by atoms with Gasteiger partial charge in [-0.1, -0.05) is 56.1 Å². The molecule has 0 unspecified atom stereocenters. The minimum atomic E-state index is -1.01. The predicted octanol–water partition coefficient (Wildman–Crippen LogP) is 6.95. The van der Waals surface area contributed by atoms with Gasteiger partial charge < -0.3 is 14.6 Å². The normalized spacial score (nSPS) is 11.0. The Labute approximate surface area is 203 Å². The molecule has 3 rings (SSSR count). The lowest BCUT2D eigenvalue weighted by Crippen LogP contribution is -2.00. The van der Waals surface area contributed by atoms with Crippen LogP contribution in [0.3, 0.4) is 0 Å². The van der Waals surface area contributed by atoms with Gasteiger partial charge in [-0.2, -0.15) is 5.26 Å². The Morgan fingerprint density at radius 2 is 1.62 bits per heavy atom. The van der Waals surface area contributed by atoms with Gasteiger partial charge in [0.05, 0.1) is 23.8 Å². The highest BCUT2D eigenvalue weighted by Crippen LogP contribution is 2.36. The van der Waals surface area contributed by atoms with Crippen LogP contribution in [0.5, 0.6) is 11.5 Å². The number of carboxylic acids is 1. The van der Waals surface area contributed by atoms with Crippen molar-refractivity contribution in [2.75, 3.05) is 6.61 Å². The standard InChI is InChI=1S/C25H19Br2NO4/c1-2-31-23-12-19(11-20(14-28)17-5-7-18(8-6-17)25(29)30)22(27)13-24(23)32-15-16-3-9-21(26)10-4-16/h3-13H,2,15H2,1H3,(H,29,30)/b20-11-. The molecular weight excluding hydrogens is 538 g/mol. The molecule has 0 atom stereocenters. The van der Waals surface area contributed by atoms with Crippen LogP contribution in [0.2, 0.25) is 0 Å².